The number of hydrogen-bond donors (Lipinski definition) is 2. The zero-order chi connectivity index (χ0) is 11.3. The third kappa shape index (κ3) is 3.02. The van der Waals surface area contributed by atoms with Gasteiger partial charge in [0, 0.05) is 0 Å². The van der Waals surface area contributed by atoms with E-state index >= 15 is 0 Å². The second-order valence-corrected chi connectivity index (χ2v) is 3.01. The van der Waals surface area contributed by atoms with E-state index in [0.717, 1.165) is 5.56 Å². The second kappa shape index (κ2) is 5.05. The van der Waals surface area contributed by atoms with E-state index in [1.165, 1.54) is 7.11 Å². The van der Waals surface area contributed by atoms with Crippen LogP contribution in [0.25, 0.3) is 6.08 Å². The number of rotatable bonds is 3. The molecule has 0 aliphatic heterocycles. The van der Waals surface area contributed by atoms with Crippen LogP contribution in [-0.2, 0) is 0 Å². The molecule has 4 heteroatoms. The van der Waals surface area contributed by atoms with Crippen molar-refractivity contribution in [3.63, 3.8) is 0 Å². The van der Waals surface area contributed by atoms with Gasteiger partial charge in [0.05, 0.1) is 12.8 Å². The fourth-order valence-electron chi connectivity index (χ4n) is 1.05. The minimum atomic E-state index is 0.0993. The maximum absolute atomic E-state index is 9.35. The van der Waals surface area contributed by atoms with Crippen molar-refractivity contribution < 1.29 is 15.1 Å². The molecule has 1 rings (SSSR count). The molecule has 0 saturated carbocycles. The smallest absolute Gasteiger partial charge is 0.161 e. The average Bonchev–Trinajstić information content (AvgIpc) is 2.27. The lowest BCUT2D eigenvalue weighted by Gasteiger charge is -2.03. The maximum Gasteiger partial charge on any atom is 0.161 e. The predicted molar refractivity (Wildman–Crippen MR) is 58.6 cm³/mol. The Morgan fingerprint density at radius 2 is 2.20 bits per heavy atom. The van der Waals surface area contributed by atoms with Gasteiger partial charge in [-0.1, -0.05) is 17.3 Å². The Kier molecular flexibility index (Phi) is 3.74. The number of nitrogens with zero attached hydrogens (tertiary/aromatic N) is 1. The molecule has 1 aromatic rings. The molecule has 0 spiro atoms. The highest BCUT2D eigenvalue weighted by atomic mass is 16.5. The Morgan fingerprint density at radius 3 is 2.80 bits per heavy atom. The highest BCUT2D eigenvalue weighted by molar-refractivity contribution is 5.95. The monoisotopic (exact) mass is 207 g/mol. The molecule has 0 saturated heterocycles. The molecule has 15 heavy (non-hydrogen) atoms. The number of allylic oxidation sites excluding steroid dienone is 1. The fourth-order valence-corrected chi connectivity index (χ4v) is 1.05. The van der Waals surface area contributed by atoms with Gasteiger partial charge in [-0.25, -0.2) is 0 Å². The van der Waals surface area contributed by atoms with E-state index in [0.29, 0.717) is 11.5 Å². The first-order valence-electron chi connectivity index (χ1n) is 4.41. The standard InChI is InChI=1S/C11H13NO3/c1-8(12-14)3-4-9-5-6-10(13)11(7-9)15-2/h3-7,13-14H,1-2H3/b4-3+,12-8+. The first-order valence-corrected chi connectivity index (χ1v) is 4.41. The van der Waals surface area contributed by atoms with Crippen LogP contribution in [0, 0.1) is 0 Å². The van der Waals surface area contributed by atoms with Crippen molar-refractivity contribution >= 4 is 11.8 Å². The summed E-state index contributed by atoms with van der Waals surface area (Å²) in [6.07, 6.45) is 3.42. The Morgan fingerprint density at radius 1 is 1.47 bits per heavy atom. The summed E-state index contributed by atoms with van der Waals surface area (Å²) >= 11 is 0. The lowest BCUT2D eigenvalue weighted by Crippen LogP contribution is -1.85. The number of oxime groups is 1. The number of hydrogen-bond acceptors (Lipinski definition) is 4. The zero-order valence-corrected chi connectivity index (χ0v) is 8.64. The summed E-state index contributed by atoms with van der Waals surface area (Å²) in [5.41, 5.74) is 1.36. The molecule has 1 aromatic carbocycles. The number of aromatic hydroxyl groups is 1. The average molecular weight is 207 g/mol. The molecular weight excluding hydrogens is 194 g/mol. The summed E-state index contributed by atoms with van der Waals surface area (Å²) in [6, 6.07) is 4.97. The lowest BCUT2D eigenvalue weighted by molar-refractivity contribution is 0.319. The van der Waals surface area contributed by atoms with Gasteiger partial charge in [0.25, 0.3) is 0 Å². The molecule has 0 aromatic heterocycles. The minimum Gasteiger partial charge on any atom is -0.504 e. The molecular formula is C11H13NO3. The SMILES string of the molecule is COc1cc(/C=C/C(C)=N/O)ccc1O. The highest BCUT2D eigenvalue weighted by Gasteiger charge is 1.99. The topological polar surface area (TPSA) is 62.0 Å². The third-order valence-corrected chi connectivity index (χ3v) is 1.88. The third-order valence-electron chi connectivity index (χ3n) is 1.88. The molecule has 0 fully saturated rings. The van der Waals surface area contributed by atoms with E-state index in [1.807, 2.05) is 0 Å². The van der Waals surface area contributed by atoms with Gasteiger partial charge in [0.15, 0.2) is 11.5 Å². The van der Waals surface area contributed by atoms with Gasteiger partial charge < -0.3 is 15.1 Å². The summed E-state index contributed by atoms with van der Waals surface area (Å²) in [6.45, 7) is 1.67. The van der Waals surface area contributed by atoms with E-state index < -0.39 is 0 Å². The Bertz CT molecular complexity index is 397. The zero-order valence-electron chi connectivity index (χ0n) is 8.64. The van der Waals surface area contributed by atoms with Crippen LogP contribution in [0.2, 0.25) is 0 Å². The van der Waals surface area contributed by atoms with Crippen LogP contribution in [0.3, 0.4) is 0 Å². The highest BCUT2D eigenvalue weighted by Crippen LogP contribution is 2.26. The largest absolute Gasteiger partial charge is 0.504 e. The molecule has 0 aliphatic carbocycles. The van der Waals surface area contributed by atoms with Gasteiger partial charge in [0.2, 0.25) is 0 Å². The molecule has 0 heterocycles. The number of phenols is 1. The molecule has 0 amide bonds. The summed E-state index contributed by atoms with van der Waals surface area (Å²) in [7, 11) is 1.49. The number of methoxy groups -OCH3 is 1. The maximum atomic E-state index is 9.35. The summed E-state index contributed by atoms with van der Waals surface area (Å²) in [5, 5.41) is 20.8. The van der Waals surface area contributed by atoms with Crippen LogP contribution < -0.4 is 4.74 Å². The van der Waals surface area contributed by atoms with Gasteiger partial charge >= 0.3 is 0 Å². The van der Waals surface area contributed by atoms with Crippen LogP contribution in [0.4, 0.5) is 0 Å². The lowest BCUT2D eigenvalue weighted by atomic mass is 10.2. The Hall–Kier alpha value is -1.97. The molecule has 0 aliphatic rings. The van der Waals surface area contributed by atoms with E-state index in [-0.39, 0.29) is 5.75 Å². The van der Waals surface area contributed by atoms with Crippen LogP contribution in [0.1, 0.15) is 12.5 Å². The van der Waals surface area contributed by atoms with Crippen molar-refractivity contribution in [2.24, 2.45) is 5.16 Å². The predicted octanol–water partition coefficient (Wildman–Crippen LogP) is 2.26. The van der Waals surface area contributed by atoms with E-state index in [9.17, 15) is 5.11 Å². The van der Waals surface area contributed by atoms with Crippen LogP contribution in [-0.4, -0.2) is 23.1 Å². The number of benzene rings is 1. The Labute approximate surface area is 88.1 Å². The van der Waals surface area contributed by atoms with Crippen LogP contribution >= 0.6 is 0 Å². The molecule has 0 bridgehead atoms. The summed E-state index contributed by atoms with van der Waals surface area (Å²) in [4.78, 5) is 0. The quantitative estimate of drug-likeness (QED) is 0.454. The van der Waals surface area contributed by atoms with Crippen molar-refractivity contribution in [1.82, 2.24) is 0 Å². The van der Waals surface area contributed by atoms with Gasteiger partial charge in [-0.15, -0.1) is 0 Å². The molecule has 2 N–H and O–H groups in total. The Balaban J connectivity index is 2.92. The van der Waals surface area contributed by atoms with Gasteiger partial charge in [-0.2, -0.15) is 0 Å². The van der Waals surface area contributed by atoms with E-state index in [1.54, 1.807) is 37.3 Å². The number of ether oxygens (including phenoxy) is 1. The second-order valence-electron chi connectivity index (χ2n) is 3.01. The number of phenolic OH excluding ortho intramolecular Hbond substituents is 1. The normalized spacial score (nSPS) is 12.0. The van der Waals surface area contributed by atoms with Crippen molar-refractivity contribution in [2.75, 3.05) is 7.11 Å². The van der Waals surface area contributed by atoms with Crippen molar-refractivity contribution in [3.05, 3.63) is 29.8 Å². The van der Waals surface area contributed by atoms with Gasteiger partial charge in [-0.3, -0.25) is 0 Å². The molecule has 0 unspecified atom stereocenters. The summed E-state index contributed by atoms with van der Waals surface area (Å²) in [5.74, 6) is 0.512. The van der Waals surface area contributed by atoms with E-state index in [4.69, 9.17) is 9.94 Å². The molecule has 4 nitrogen and oxygen atoms in total. The van der Waals surface area contributed by atoms with Crippen LogP contribution in [0.15, 0.2) is 29.4 Å². The molecule has 80 valence electrons. The minimum absolute atomic E-state index is 0.0993. The molecule has 0 atom stereocenters. The summed E-state index contributed by atoms with van der Waals surface area (Å²) < 4.78 is 4.96. The van der Waals surface area contributed by atoms with E-state index in [2.05, 4.69) is 5.16 Å². The van der Waals surface area contributed by atoms with Crippen molar-refractivity contribution in [3.8, 4) is 11.5 Å². The van der Waals surface area contributed by atoms with Gasteiger partial charge in [-0.05, 0) is 30.7 Å². The first kappa shape index (κ1) is 11.1. The molecule has 0 radical (unpaired) electrons. The van der Waals surface area contributed by atoms with Gasteiger partial charge in [0.1, 0.15) is 0 Å². The van der Waals surface area contributed by atoms with Crippen molar-refractivity contribution in [2.45, 2.75) is 6.92 Å². The fraction of sp³-hybridized carbons (Fsp3) is 0.182. The van der Waals surface area contributed by atoms with Crippen LogP contribution in [0.5, 0.6) is 11.5 Å². The first-order chi connectivity index (χ1) is 7.17. The van der Waals surface area contributed by atoms with Crippen molar-refractivity contribution in [1.29, 1.82) is 0 Å².